The van der Waals surface area contributed by atoms with Crippen molar-refractivity contribution in [1.82, 2.24) is 0 Å². The monoisotopic (exact) mass is 239 g/mol. The molecule has 1 rings (SSSR count). The number of hydrogen-bond acceptors (Lipinski definition) is 6. The topological polar surface area (TPSA) is 84.9 Å². The van der Waals surface area contributed by atoms with Crippen molar-refractivity contribution >= 4 is 17.6 Å². The number of ether oxygens (including phenoxy) is 2. The first-order valence-electron chi connectivity index (χ1n) is 4.80. The zero-order valence-electron chi connectivity index (χ0n) is 9.52. The molecule has 17 heavy (non-hydrogen) atoms. The maximum absolute atomic E-state index is 11.2. The second-order valence-corrected chi connectivity index (χ2v) is 3.15. The van der Waals surface area contributed by atoms with Crippen molar-refractivity contribution in [3.05, 3.63) is 23.8 Å². The number of hydrogen-bond donors (Lipinski definition) is 2. The van der Waals surface area contributed by atoms with E-state index < -0.39 is 11.9 Å². The summed E-state index contributed by atoms with van der Waals surface area (Å²) in [6.45, 7) is -0.102. The van der Waals surface area contributed by atoms with E-state index in [2.05, 4.69) is 14.8 Å². The average molecular weight is 239 g/mol. The summed E-state index contributed by atoms with van der Waals surface area (Å²) in [5.74, 6) is -1.07. The number of anilines is 1. The maximum Gasteiger partial charge on any atom is 0.337 e. The summed E-state index contributed by atoms with van der Waals surface area (Å²) in [6.07, 6.45) is 0. The zero-order chi connectivity index (χ0) is 12.8. The lowest BCUT2D eigenvalue weighted by Crippen LogP contribution is -2.15. The van der Waals surface area contributed by atoms with Crippen molar-refractivity contribution in [1.29, 1.82) is 0 Å². The van der Waals surface area contributed by atoms with Gasteiger partial charge in [0.2, 0.25) is 0 Å². The highest BCUT2D eigenvalue weighted by Crippen LogP contribution is 2.24. The van der Waals surface area contributed by atoms with Gasteiger partial charge in [-0.25, -0.2) is 4.79 Å². The molecule has 0 spiro atoms. The Labute approximate surface area is 98.2 Å². The lowest BCUT2D eigenvalue weighted by atomic mass is 10.2. The summed E-state index contributed by atoms with van der Waals surface area (Å²) in [7, 11) is 2.52. The van der Waals surface area contributed by atoms with Crippen LogP contribution < -0.4 is 5.32 Å². The fourth-order valence-electron chi connectivity index (χ4n) is 1.16. The number of aromatic hydroxyl groups is 1. The molecule has 0 saturated carbocycles. The van der Waals surface area contributed by atoms with Crippen LogP contribution in [-0.4, -0.2) is 37.8 Å². The summed E-state index contributed by atoms with van der Waals surface area (Å²) in [5.41, 5.74) is 0.538. The minimum atomic E-state index is -0.522. The first-order chi connectivity index (χ1) is 8.08. The molecule has 0 aliphatic rings. The van der Waals surface area contributed by atoms with Gasteiger partial charge in [-0.3, -0.25) is 4.79 Å². The molecule has 1 aromatic rings. The van der Waals surface area contributed by atoms with E-state index >= 15 is 0 Å². The van der Waals surface area contributed by atoms with Gasteiger partial charge in [-0.05, 0) is 18.2 Å². The molecule has 0 saturated heterocycles. The van der Waals surface area contributed by atoms with Crippen LogP contribution in [0.2, 0.25) is 0 Å². The summed E-state index contributed by atoms with van der Waals surface area (Å²) in [5, 5.41) is 12.2. The Morgan fingerprint density at radius 1 is 1.29 bits per heavy atom. The third kappa shape index (κ3) is 3.37. The number of nitrogens with one attached hydrogen (secondary N) is 1. The highest BCUT2D eigenvalue weighted by Gasteiger charge is 2.10. The normalized spacial score (nSPS) is 9.53. The van der Waals surface area contributed by atoms with Crippen LogP contribution in [0.1, 0.15) is 10.4 Å². The van der Waals surface area contributed by atoms with Crippen LogP contribution in [0.3, 0.4) is 0 Å². The fraction of sp³-hybridized carbons (Fsp3) is 0.273. The van der Waals surface area contributed by atoms with Gasteiger partial charge >= 0.3 is 11.9 Å². The molecule has 0 heterocycles. The van der Waals surface area contributed by atoms with Crippen molar-refractivity contribution < 1.29 is 24.2 Å². The van der Waals surface area contributed by atoms with E-state index in [1.807, 2.05) is 0 Å². The molecule has 0 atom stereocenters. The van der Waals surface area contributed by atoms with Crippen molar-refractivity contribution in [3.63, 3.8) is 0 Å². The van der Waals surface area contributed by atoms with Gasteiger partial charge in [0.05, 0.1) is 25.5 Å². The number of phenolic OH excluding ortho intramolecular Hbond substituents is 1. The van der Waals surface area contributed by atoms with Gasteiger partial charge in [0.15, 0.2) is 0 Å². The fourth-order valence-corrected chi connectivity index (χ4v) is 1.16. The first-order valence-corrected chi connectivity index (χ1v) is 4.80. The van der Waals surface area contributed by atoms with Gasteiger partial charge in [0, 0.05) is 0 Å². The SMILES string of the molecule is COC(=O)CNc1cc(C(=O)OC)ccc1O. The van der Waals surface area contributed by atoms with Crippen LogP contribution in [0.5, 0.6) is 5.75 Å². The highest BCUT2D eigenvalue weighted by molar-refractivity contribution is 5.91. The van der Waals surface area contributed by atoms with E-state index in [0.717, 1.165) is 0 Å². The second-order valence-electron chi connectivity index (χ2n) is 3.15. The van der Waals surface area contributed by atoms with Crippen LogP contribution in [0, 0.1) is 0 Å². The van der Waals surface area contributed by atoms with Gasteiger partial charge < -0.3 is 19.9 Å². The van der Waals surface area contributed by atoms with Crippen molar-refractivity contribution in [2.45, 2.75) is 0 Å². The zero-order valence-corrected chi connectivity index (χ0v) is 9.52. The number of methoxy groups -OCH3 is 2. The first kappa shape index (κ1) is 12.8. The molecule has 0 aliphatic carbocycles. The molecule has 6 nitrogen and oxygen atoms in total. The summed E-state index contributed by atoms with van der Waals surface area (Å²) >= 11 is 0. The van der Waals surface area contributed by atoms with Gasteiger partial charge in [-0.1, -0.05) is 0 Å². The minimum Gasteiger partial charge on any atom is -0.506 e. The van der Waals surface area contributed by atoms with E-state index in [9.17, 15) is 14.7 Å². The Kier molecular flexibility index (Phi) is 4.33. The van der Waals surface area contributed by atoms with Crippen LogP contribution in [0.4, 0.5) is 5.69 Å². The predicted octanol–water partition coefficient (Wildman–Crippen LogP) is 0.764. The lowest BCUT2D eigenvalue weighted by molar-refractivity contribution is -0.138. The van der Waals surface area contributed by atoms with E-state index in [1.54, 1.807) is 0 Å². The number of phenols is 1. The average Bonchev–Trinajstić information content (AvgIpc) is 2.36. The second kappa shape index (κ2) is 5.74. The highest BCUT2D eigenvalue weighted by atomic mass is 16.5. The van der Waals surface area contributed by atoms with E-state index in [-0.39, 0.29) is 23.5 Å². The van der Waals surface area contributed by atoms with Crippen molar-refractivity contribution in [3.8, 4) is 5.75 Å². The molecule has 6 heteroatoms. The number of esters is 2. The predicted molar refractivity (Wildman–Crippen MR) is 60.0 cm³/mol. The molecule has 1 aromatic carbocycles. The molecule has 0 aliphatic heterocycles. The molecule has 0 unspecified atom stereocenters. The summed E-state index contributed by atoms with van der Waals surface area (Å²) in [4.78, 5) is 22.2. The van der Waals surface area contributed by atoms with Gasteiger partial charge in [0.25, 0.3) is 0 Å². The Hall–Kier alpha value is -2.24. The third-order valence-corrected chi connectivity index (χ3v) is 2.07. The van der Waals surface area contributed by atoms with Gasteiger partial charge in [-0.15, -0.1) is 0 Å². The van der Waals surface area contributed by atoms with Gasteiger partial charge in [-0.2, -0.15) is 0 Å². The number of rotatable bonds is 4. The van der Waals surface area contributed by atoms with Crippen LogP contribution >= 0.6 is 0 Å². The molecule has 92 valence electrons. The quantitative estimate of drug-likeness (QED) is 0.596. The molecule has 2 N–H and O–H groups in total. The van der Waals surface area contributed by atoms with E-state index in [4.69, 9.17) is 0 Å². The largest absolute Gasteiger partial charge is 0.506 e. The number of carbonyl (C=O) groups is 2. The molecule has 0 amide bonds. The standard InChI is InChI=1S/C11H13NO5/c1-16-10(14)6-12-8-5-7(11(15)17-2)3-4-9(8)13/h3-5,12-13H,6H2,1-2H3. The molecule has 0 aromatic heterocycles. The number of benzene rings is 1. The number of carbonyl (C=O) groups excluding carboxylic acids is 2. The summed E-state index contributed by atoms with van der Waals surface area (Å²) in [6, 6.07) is 4.15. The van der Waals surface area contributed by atoms with Gasteiger partial charge in [0.1, 0.15) is 12.3 Å². The van der Waals surface area contributed by atoms with Crippen molar-refractivity contribution in [2.75, 3.05) is 26.1 Å². The molecular weight excluding hydrogens is 226 g/mol. The Morgan fingerprint density at radius 2 is 2.00 bits per heavy atom. The van der Waals surface area contributed by atoms with Crippen molar-refractivity contribution in [2.24, 2.45) is 0 Å². The Bertz CT molecular complexity index is 430. The summed E-state index contributed by atoms with van der Waals surface area (Å²) < 4.78 is 8.97. The minimum absolute atomic E-state index is 0.0680. The Morgan fingerprint density at radius 3 is 2.59 bits per heavy atom. The molecular formula is C11H13NO5. The van der Waals surface area contributed by atoms with Crippen LogP contribution in [0.25, 0.3) is 0 Å². The molecule has 0 fully saturated rings. The van der Waals surface area contributed by atoms with Crippen LogP contribution in [-0.2, 0) is 14.3 Å². The smallest absolute Gasteiger partial charge is 0.337 e. The van der Waals surface area contributed by atoms with Crippen LogP contribution in [0.15, 0.2) is 18.2 Å². The van der Waals surface area contributed by atoms with E-state index in [1.165, 1.54) is 32.4 Å². The third-order valence-electron chi connectivity index (χ3n) is 2.07. The Balaban J connectivity index is 2.83. The van der Waals surface area contributed by atoms with E-state index in [0.29, 0.717) is 0 Å². The molecule has 0 bridgehead atoms. The maximum atomic E-state index is 11.2. The lowest BCUT2D eigenvalue weighted by Gasteiger charge is -2.08. The molecule has 0 radical (unpaired) electrons.